The van der Waals surface area contributed by atoms with Gasteiger partial charge in [-0.25, -0.2) is 4.79 Å². The highest BCUT2D eigenvalue weighted by Crippen LogP contribution is 2.18. The number of amides is 1. The first-order valence-electron chi connectivity index (χ1n) is 5.89. The number of ether oxygens (including phenoxy) is 2. The molecule has 0 aliphatic rings. The van der Waals surface area contributed by atoms with Crippen molar-refractivity contribution < 1.29 is 24.2 Å². The molecule has 0 aliphatic heterocycles. The standard InChI is InChI=1S/C13H16BrNO5/c1-8(20-10-5-3-4-9(14)6-10)12(16)15-7-11(19-2)13(17)18/h3-6,8,11H,7H2,1-2H3,(H,15,16)(H,17,18). The summed E-state index contributed by atoms with van der Waals surface area (Å²) in [6.45, 7) is 1.47. The molecule has 20 heavy (non-hydrogen) atoms. The molecule has 7 heteroatoms. The smallest absolute Gasteiger partial charge is 0.334 e. The minimum absolute atomic E-state index is 0.114. The maximum absolute atomic E-state index is 11.8. The summed E-state index contributed by atoms with van der Waals surface area (Å²) in [5, 5.41) is 11.2. The van der Waals surface area contributed by atoms with Gasteiger partial charge in [0.25, 0.3) is 5.91 Å². The number of benzene rings is 1. The Morgan fingerprint density at radius 2 is 2.15 bits per heavy atom. The highest BCUT2D eigenvalue weighted by atomic mass is 79.9. The summed E-state index contributed by atoms with van der Waals surface area (Å²) in [5.74, 6) is -0.995. The minimum atomic E-state index is -1.13. The van der Waals surface area contributed by atoms with Crippen molar-refractivity contribution in [2.75, 3.05) is 13.7 Å². The Bertz CT molecular complexity index is 480. The van der Waals surface area contributed by atoms with Crippen LogP contribution >= 0.6 is 15.9 Å². The lowest BCUT2D eigenvalue weighted by molar-refractivity contribution is -0.148. The van der Waals surface area contributed by atoms with E-state index in [1.54, 1.807) is 25.1 Å². The zero-order chi connectivity index (χ0) is 15.1. The lowest BCUT2D eigenvalue weighted by Crippen LogP contribution is -2.43. The van der Waals surface area contributed by atoms with Gasteiger partial charge in [0.15, 0.2) is 12.2 Å². The Hall–Kier alpha value is -1.60. The van der Waals surface area contributed by atoms with E-state index in [-0.39, 0.29) is 6.54 Å². The first kappa shape index (κ1) is 16.5. The van der Waals surface area contributed by atoms with E-state index in [4.69, 9.17) is 14.6 Å². The van der Waals surface area contributed by atoms with Crippen molar-refractivity contribution in [3.8, 4) is 5.75 Å². The molecule has 2 N–H and O–H groups in total. The SMILES string of the molecule is COC(CNC(=O)C(C)Oc1cccc(Br)c1)C(=O)O. The molecule has 0 spiro atoms. The van der Waals surface area contributed by atoms with E-state index in [0.29, 0.717) is 5.75 Å². The number of carbonyl (C=O) groups is 2. The monoisotopic (exact) mass is 345 g/mol. The zero-order valence-electron chi connectivity index (χ0n) is 11.1. The van der Waals surface area contributed by atoms with Crippen LogP contribution in [0.3, 0.4) is 0 Å². The van der Waals surface area contributed by atoms with Crippen molar-refractivity contribution in [1.29, 1.82) is 0 Å². The molecule has 0 heterocycles. The number of methoxy groups -OCH3 is 1. The summed E-state index contributed by atoms with van der Waals surface area (Å²) in [6, 6.07) is 7.09. The predicted octanol–water partition coefficient (Wildman–Crippen LogP) is 1.43. The number of aliphatic carboxylic acids is 1. The van der Waals surface area contributed by atoms with Crippen LogP contribution in [-0.4, -0.2) is 42.8 Å². The summed E-state index contributed by atoms with van der Waals surface area (Å²) in [7, 11) is 1.27. The van der Waals surface area contributed by atoms with Crippen LogP contribution in [0.5, 0.6) is 5.75 Å². The summed E-state index contributed by atoms with van der Waals surface area (Å²) < 4.78 is 11.0. The van der Waals surface area contributed by atoms with E-state index in [1.165, 1.54) is 7.11 Å². The largest absolute Gasteiger partial charge is 0.481 e. The third-order valence-electron chi connectivity index (χ3n) is 2.50. The lowest BCUT2D eigenvalue weighted by atomic mass is 10.3. The van der Waals surface area contributed by atoms with Crippen LogP contribution in [-0.2, 0) is 14.3 Å². The van der Waals surface area contributed by atoms with E-state index in [0.717, 1.165) is 4.47 Å². The van der Waals surface area contributed by atoms with E-state index < -0.39 is 24.1 Å². The average molecular weight is 346 g/mol. The Kier molecular flexibility index (Phi) is 6.47. The van der Waals surface area contributed by atoms with Crippen LogP contribution < -0.4 is 10.1 Å². The molecule has 6 nitrogen and oxygen atoms in total. The second-order valence-corrected chi connectivity index (χ2v) is 4.94. The van der Waals surface area contributed by atoms with Gasteiger partial charge in [0.2, 0.25) is 0 Å². The van der Waals surface area contributed by atoms with Crippen LogP contribution in [0.2, 0.25) is 0 Å². The lowest BCUT2D eigenvalue weighted by Gasteiger charge is -2.16. The van der Waals surface area contributed by atoms with Crippen LogP contribution in [0.4, 0.5) is 0 Å². The van der Waals surface area contributed by atoms with Crippen molar-refractivity contribution in [1.82, 2.24) is 5.32 Å². The molecule has 0 fully saturated rings. The fourth-order valence-corrected chi connectivity index (χ4v) is 1.78. The number of rotatable bonds is 7. The van der Waals surface area contributed by atoms with Crippen molar-refractivity contribution in [3.05, 3.63) is 28.7 Å². The van der Waals surface area contributed by atoms with Gasteiger partial charge in [0, 0.05) is 11.6 Å². The Balaban J connectivity index is 2.49. The summed E-state index contributed by atoms with van der Waals surface area (Å²) >= 11 is 3.30. The predicted molar refractivity (Wildman–Crippen MR) is 75.7 cm³/mol. The number of hydrogen-bond donors (Lipinski definition) is 2. The van der Waals surface area contributed by atoms with Crippen LogP contribution in [0.25, 0.3) is 0 Å². The van der Waals surface area contributed by atoms with Crippen molar-refractivity contribution >= 4 is 27.8 Å². The third kappa shape index (κ3) is 5.18. The first-order valence-corrected chi connectivity index (χ1v) is 6.69. The highest BCUT2D eigenvalue weighted by molar-refractivity contribution is 9.10. The molecule has 0 bridgehead atoms. The van der Waals surface area contributed by atoms with E-state index in [9.17, 15) is 9.59 Å². The molecule has 0 saturated heterocycles. The normalized spacial score (nSPS) is 13.3. The van der Waals surface area contributed by atoms with Gasteiger partial charge in [0.05, 0.1) is 6.54 Å². The fourth-order valence-electron chi connectivity index (χ4n) is 1.41. The van der Waals surface area contributed by atoms with Gasteiger partial charge in [-0.1, -0.05) is 22.0 Å². The molecule has 1 aromatic rings. The van der Waals surface area contributed by atoms with Crippen molar-refractivity contribution in [2.24, 2.45) is 0 Å². The Morgan fingerprint density at radius 1 is 1.45 bits per heavy atom. The molecule has 0 saturated carbocycles. The number of carboxylic acids is 1. The van der Waals surface area contributed by atoms with E-state index in [2.05, 4.69) is 21.2 Å². The summed E-state index contributed by atoms with van der Waals surface area (Å²) in [6.07, 6.45) is -1.81. The fraction of sp³-hybridized carbons (Fsp3) is 0.385. The highest BCUT2D eigenvalue weighted by Gasteiger charge is 2.20. The first-order chi connectivity index (χ1) is 9.43. The van der Waals surface area contributed by atoms with Gasteiger partial charge in [-0.2, -0.15) is 0 Å². The maximum Gasteiger partial charge on any atom is 0.334 e. The van der Waals surface area contributed by atoms with Gasteiger partial charge >= 0.3 is 5.97 Å². The molecular weight excluding hydrogens is 330 g/mol. The number of hydrogen-bond acceptors (Lipinski definition) is 4. The molecule has 2 unspecified atom stereocenters. The van der Waals surface area contributed by atoms with Crippen molar-refractivity contribution in [3.63, 3.8) is 0 Å². The quantitative estimate of drug-likeness (QED) is 0.780. The second-order valence-electron chi connectivity index (χ2n) is 4.03. The molecule has 0 aliphatic carbocycles. The number of nitrogens with one attached hydrogen (secondary N) is 1. The zero-order valence-corrected chi connectivity index (χ0v) is 12.7. The average Bonchev–Trinajstić information content (AvgIpc) is 2.38. The van der Waals surface area contributed by atoms with Gasteiger partial charge in [0.1, 0.15) is 5.75 Å². The summed E-state index contributed by atoms with van der Waals surface area (Å²) in [5.41, 5.74) is 0. The second kappa shape index (κ2) is 7.86. The van der Waals surface area contributed by atoms with Crippen LogP contribution in [0, 0.1) is 0 Å². The molecule has 0 aromatic heterocycles. The number of carbonyl (C=O) groups excluding carboxylic acids is 1. The molecule has 1 amide bonds. The molecular formula is C13H16BrNO5. The topological polar surface area (TPSA) is 84.9 Å². The third-order valence-corrected chi connectivity index (χ3v) is 2.99. The van der Waals surface area contributed by atoms with Gasteiger partial charge in [-0.15, -0.1) is 0 Å². The molecule has 1 aromatic carbocycles. The number of carboxylic acid groups (broad SMARTS) is 1. The van der Waals surface area contributed by atoms with Crippen LogP contribution in [0.1, 0.15) is 6.92 Å². The van der Waals surface area contributed by atoms with Crippen molar-refractivity contribution in [2.45, 2.75) is 19.1 Å². The molecule has 1 rings (SSSR count). The minimum Gasteiger partial charge on any atom is -0.481 e. The molecule has 0 radical (unpaired) electrons. The van der Waals surface area contributed by atoms with Crippen LogP contribution in [0.15, 0.2) is 28.7 Å². The van der Waals surface area contributed by atoms with Gasteiger partial charge < -0.3 is 19.9 Å². The van der Waals surface area contributed by atoms with E-state index in [1.807, 2.05) is 6.07 Å². The summed E-state index contributed by atoms with van der Waals surface area (Å²) in [4.78, 5) is 22.5. The van der Waals surface area contributed by atoms with E-state index >= 15 is 0 Å². The number of halogens is 1. The Labute approximate surface area is 125 Å². The maximum atomic E-state index is 11.8. The molecule has 2 atom stereocenters. The molecule has 110 valence electrons. The van der Waals surface area contributed by atoms with Gasteiger partial charge in [-0.05, 0) is 25.1 Å². The van der Waals surface area contributed by atoms with Gasteiger partial charge in [-0.3, -0.25) is 4.79 Å². The Morgan fingerprint density at radius 3 is 2.70 bits per heavy atom.